The Bertz CT molecular complexity index is 880. The molecule has 1 aliphatic heterocycles. The van der Waals surface area contributed by atoms with Crippen LogP contribution in [0.4, 0.5) is 5.69 Å². The molecular weight excluding hydrogens is 372 g/mol. The summed E-state index contributed by atoms with van der Waals surface area (Å²) >= 11 is 1.60. The molecule has 6 nitrogen and oxygen atoms in total. The van der Waals surface area contributed by atoms with Gasteiger partial charge in [-0.15, -0.1) is 11.8 Å². The molecule has 26 heavy (non-hydrogen) atoms. The highest BCUT2D eigenvalue weighted by atomic mass is 32.2. The zero-order valence-electron chi connectivity index (χ0n) is 14.5. The molecule has 0 spiro atoms. The summed E-state index contributed by atoms with van der Waals surface area (Å²) in [6.07, 6.45) is 0. The molecule has 0 aromatic heterocycles. The molecule has 2 aromatic carbocycles. The molecule has 2 aromatic rings. The third-order valence-electron chi connectivity index (χ3n) is 4.03. The summed E-state index contributed by atoms with van der Waals surface area (Å²) in [5.41, 5.74) is 1.49. The van der Waals surface area contributed by atoms with Crippen LogP contribution in [0.1, 0.15) is 17.9 Å². The molecule has 0 radical (unpaired) electrons. The summed E-state index contributed by atoms with van der Waals surface area (Å²) in [4.78, 5) is 11.3. The number of rotatable bonds is 5. The number of carbonyl (C=O) groups is 1. The quantitative estimate of drug-likeness (QED) is 0.846. The predicted molar refractivity (Wildman–Crippen MR) is 103 cm³/mol. The van der Waals surface area contributed by atoms with Crippen LogP contribution < -0.4 is 10.1 Å². The highest BCUT2D eigenvalue weighted by Crippen LogP contribution is 2.41. The first-order valence-corrected chi connectivity index (χ1v) is 10.6. The van der Waals surface area contributed by atoms with Gasteiger partial charge in [-0.2, -0.15) is 4.31 Å². The van der Waals surface area contributed by atoms with Crippen LogP contribution in [0.5, 0.6) is 5.75 Å². The Kier molecular flexibility index (Phi) is 5.55. The van der Waals surface area contributed by atoms with Gasteiger partial charge in [0, 0.05) is 24.9 Å². The zero-order valence-corrected chi connectivity index (χ0v) is 16.1. The van der Waals surface area contributed by atoms with E-state index in [1.54, 1.807) is 31.0 Å². The topological polar surface area (TPSA) is 75.7 Å². The van der Waals surface area contributed by atoms with Gasteiger partial charge >= 0.3 is 0 Å². The van der Waals surface area contributed by atoms with Gasteiger partial charge in [0.05, 0.1) is 17.4 Å². The first kappa shape index (κ1) is 18.8. The standard InChI is InChI=1S/C18H20N2O4S2/c1-13(21)19-15-5-9-17(10-6-15)26(22,23)20-11-12-25-18(20)14-3-7-16(24-2)8-4-14/h3-10,18H,11-12H2,1-2H3,(H,19,21)/t18-/m1/s1. The molecular formula is C18H20N2O4S2. The average Bonchev–Trinajstić information content (AvgIpc) is 3.12. The summed E-state index contributed by atoms with van der Waals surface area (Å²) in [5, 5.41) is 2.37. The number of ether oxygens (including phenoxy) is 1. The van der Waals surface area contributed by atoms with Crippen LogP contribution in [-0.4, -0.2) is 38.0 Å². The van der Waals surface area contributed by atoms with E-state index in [4.69, 9.17) is 4.74 Å². The number of thioether (sulfide) groups is 1. The largest absolute Gasteiger partial charge is 0.497 e. The first-order chi connectivity index (χ1) is 12.4. The van der Waals surface area contributed by atoms with Crippen LogP contribution in [0.25, 0.3) is 0 Å². The molecule has 0 unspecified atom stereocenters. The average molecular weight is 393 g/mol. The van der Waals surface area contributed by atoms with Crippen LogP contribution in [0.3, 0.4) is 0 Å². The van der Waals surface area contributed by atoms with Gasteiger partial charge in [0.2, 0.25) is 15.9 Å². The lowest BCUT2D eigenvalue weighted by atomic mass is 10.2. The molecule has 8 heteroatoms. The van der Waals surface area contributed by atoms with E-state index in [-0.39, 0.29) is 16.2 Å². The number of methoxy groups -OCH3 is 1. The lowest BCUT2D eigenvalue weighted by Gasteiger charge is -2.23. The second-order valence-corrected chi connectivity index (χ2v) is 8.90. The van der Waals surface area contributed by atoms with Crippen molar-refractivity contribution in [3.63, 3.8) is 0 Å². The van der Waals surface area contributed by atoms with Gasteiger partial charge in [0.1, 0.15) is 5.75 Å². The lowest BCUT2D eigenvalue weighted by molar-refractivity contribution is -0.114. The van der Waals surface area contributed by atoms with Crippen LogP contribution in [0, 0.1) is 0 Å². The van der Waals surface area contributed by atoms with Crippen molar-refractivity contribution >= 4 is 33.4 Å². The fourth-order valence-electron chi connectivity index (χ4n) is 2.78. The number of benzene rings is 2. The molecule has 1 atom stereocenters. The van der Waals surface area contributed by atoms with Crippen molar-refractivity contribution in [1.29, 1.82) is 0 Å². The molecule has 1 amide bonds. The molecule has 1 aliphatic rings. The van der Waals surface area contributed by atoms with E-state index in [1.807, 2.05) is 24.3 Å². The zero-order chi connectivity index (χ0) is 18.7. The highest BCUT2D eigenvalue weighted by Gasteiger charge is 2.36. The van der Waals surface area contributed by atoms with E-state index in [0.717, 1.165) is 17.1 Å². The molecule has 0 bridgehead atoms. The molecule has 1 N–H and O–H groups in total. The van der Waals surface area contributed by atoms with Crippen LogP contribution in [0.2, 0.25) is 0 Å². The predicted octanol–water partition coefficient (Wildman–Crippen LogP) is 3.09. The van der Waals surface area contributed by atoms with Crippen molar-refractivity contribution in [2.24, 2.45) is 0 Å². The number of anilines is 1. The molecule has 1 saturated heterocycles. The molecule has 138 valence electrons. The molecule has 0 saturated carbocycles. The normalized spacial score (nSPS) is 17.8. The number of sulfonamides is 1. The van der Waals surface area contributed by atoms with Crippen molar-refractivity contribution in [2.45, 2.75) is 17.2 Å². The number of nitrogens with zero attached hydrogens (tertiary/aromatic N) is 1. The SMILES string of the molecule is COc1ccc([C@H]2SCCN2S(=O)(=O)c2ccc(NC(C)=O)cc2)cc1. The van der Waals surface area contributed by atoms with Crippen molar-refractivity contribution < 1.29 is 17.9 Å². The van der Waals surface area contributed by atoms with Gasteiger partial charge in [0.15, 0.2) is 0 Å². The number of amides is 1. The van der Waals surface area contributed by atoms with E-state index in [2.05, 4.69) is 5.32 Å². The maximum Gasteiger partial charge on any atom is 0.244 e. The molecule has 1 fully saturated rings. The summed E-state index contributed by atoms with van der Waals surface area (Å²) < 4.78 is 32.8. The maximum atomic E-state index is 13.1. The Balaban J connectivity index is 1.86. The summed E-state index contributed by atoms with van der Waals surface area (Å²) in [5.74, 6) is 1.27. The van der Waals surface area contributed by atoms with Gasteiger partial charge in [-0.1, -0.05) is 12.1 Å². The van der Waals surface area contributed by atoms with Crippen molar-refractivity contribution in [2.75, 3.05) is 24.7 Å². The minimum atomic E-state index is -3.63. The van der Waals surface area contributed by atoms with E-state index < -0.39 is 10.0 Å². The van der Waals surface area contributed by atoms with E-state index in [9.17, 15) is 13.2 Å². The fraction of sp³-hybridized carbons (Fsp3) is 0.278. The number of carbonyl (C=O) groups excluding carboxylic acids is 1. The Morgan fingerprint density at radius 2 is 1.81 bits per heavy atom. The minimum Gasteiger partial charge on any atom is -0.497 e. The van der Waals surface area contributed by atoms with E-state index >= 15 is 0 Å². The third-order valence-corrected chi connectivity index (χ3v) is 7.30. The highest BCUT2D eigenvalue weighted by molar-refractivity contribution is 8.01. The number of hydrogen-bond acceptors (Lipinski definition) is 5. The Labute approximate surface area is 157 Å². The Morgan fingerprint density at radius 1 is 1.15 bits per heavy atom. The fourth-order valence-corrected chi connectivity index (χ4v) is 6.02. The first-order valence-electron chi connectivity index (χ1n) is 8.07. The van der Waals surface area contributed by atoms with Crippen molar-refractivity contribution in [3.8, 4) is 5.75 Å². The second-order valence-electron chi connectivity index (χ2n) is 5.82. The van der Waals surface area contributed by atoms with Crippen LogP contribution >= 0.6 is 11.8 Å². The third kappa shape index (κ3) is 3.87. The Morgan fingerprint density at radius 3 is 2.38 bits per heavy atom. The molecule has 0 aliphatic carbocycles. The summed E-state index contributed by atoms with van der Waals surface area (Å²) in [6, 6.07) is 13.7. The molecule has 1 heterocycles. The van der Waals surface area contributed by atoms with E-state index in [1.165, 1.54) is 23.4 Å². The van der Waals surface area contributed by atoms with Gasteiger partial charge in [-0.05, 0) is 42.0 Å². The monoisotopic (exact) mass is 392 g/mol. The van der Waals surface area contributed by atoms with Gasteiger partial charge in [-0.3, -0.25) is 4.79 Å². The molecule has 3 rings (SSSR count). The second kappa shape index (κ2) is 7.69. The summed E-state index contributed by atoms with van der Waals surface area (Å²) in [6.45, 7) is 1.86. The van der Waals surface area contributed by atoms with Crippen molar-refractivity contribution in [3.05, 3.63) is 54.1 Å². The maximum absolute atomic E-state index is 13.1. The minimum absolute atomic E-state index is 0.198. The number of nitrogens with one attached hydrogen (secondary N) is 1. The smallest absolute Gasteiger partial charge is 0.244 e. The van der Waals surface area contributed by atoms with E-state index in [0.29, 0.717) is 12.2 Å². The van der Waals surface area contributed by atoms with Crippen LogP contribution in [0.15, 0.2) is 53.4 Å². The van der Waals surface area contributed by atoms with Gasteiger partial charge < -0.3 is 10.1 Å². The van der Waals surface area contributed by atoms with Crippen LogP contribution in [-0.2, 0) is 14.8 Å². The van der Waals surface area contributed by atoms with Crippen molar-refractivity contribution in [1.82, 2.24) is 4.31 Å². The van der Waals surface area contributed by atoms with Gasteiger partial charge in [0.25, 0.3) is 0 Å². The summed E-state index contributed by atoms with van der Waals surface area (Å²) in [7, 11) is -2.03. The Hall–Kier alpha value is -2.03. The van der Waals surface area contributed by atoms with Gasteiger partial charge in [-0.25, -0.2) is 8.42 Å². The lowest BCUT2D eigenvalue weighted by Crippen LogP contribution is -2.30. The number of hydrogen-bond donors (Lipinski definition) is 1.